The molecule has 14 nitrogen and oxygen atoms in total. The first-order valence-corrected chi connectivity index (χ1v) is 24.5. The van der Waals surface area contributed by atoms with Crippen molar-refractivity contribution in [1.82, 2.24) is 14.5 Å². The van der Waals surface area contributed by atoms with Gasteiger partial charge in [0.15, 0.2) is 0 Å². The number of benzene rings is 2. The van der Waals surface area contributed by atoms with Crippen LogP contribution in [-0.2, 0) is 80.9 Å². The Kier molecular flexibility index (Phi) is 12.7. The summed E-state index contributed by atoms with van der Waals surface area (Å²) in [6, 6.07) is 4.92. The van der Waals surface area contributed by atoms with Crippen LogP contribution < -0.4 is 19.9 Å². The first kappa shape index (κ1) is 41.4. The lowest BCUT2D eigenvalue weighted by Crippen LogP contribution is -2.62. The maximum absolute atomic E-state index is 12.7. The fraction of sp³-hybridized carbons (Fsp3) is 0.667. The van der Waals surface area contributed by atoms with Gasteiger partial charge in [0.05, 0.1) is 0 Å². The van der Waals surface area contributed by atoms with E-state index in [1.54, 1.807) is 0 Å². The number of rotatable bonds is 7. The van der Waals surface area contributed by atoms with E-state index < -0.39 is 31.3 Å². The molecule has 0 bridgehead atoms. The van der Waals surface area contributed by atoms with E-state index in [2.05, 4.69) is 32.0 Å². The molecule has 2 amide bonds. The Hall–Kier alpha value is -3.30. The lowest BCUT2D eigenvalue weighted by atomic mass is 9.99. The molecule has 0 spiro atoms. The van der Waals surface area contributed by atoms with E-state index in [0.29, 0.717) is 38.3 Å². The minimum Gasteiger partial charge on any atom is -0.387 e. The number of nitrogens with one attached hydrogen (secondary N) is 2. The predicted molar refractivity (Wildman–Crippen MR) is 220 cm³/mol. The van der Waals surface area contributed by atoms with E-state index in [4.69, 9.17) is 24.6 Å². The fourth-order valence-electron chi connectivity index (χ4n) is 10.3. The number of nitrogens with zero attached hydrogens (tertiary/aromatic N) is 3. The summed E-state index contributed by atoms with van der Waals surface area (Å²) in [4.78, 5) is 17.0. The van der Waals surface area contributed by atoms with Crippen molar-refractivity contribution in [3.8, 4) is 12.0 Å². The molecule has 8 aliphatic rings. The summed E-state index contributed by atoms with van der Waals surface area (Å²) in [6.07, 6.45) is 18.8. The third-order valence-corrected chi connectivity index (χ3v) is 16.5. The lowest BCUT2D eigenvalue weighted by Gasteiger charge is -2.44. The first-order chi connectivity index (χ1) is 28.0. The maximum atomic E-state index is 12.7. The first-order valence-electron chi connectivity index (χ1n) is 21.3. The molecule has 16 heteroatoms. The number of hydrogen-bond donors (Lipinski definition) is 3. The number of primary sulfonamides is 1. The molecule has 0 aromatic heterocycles. The van der Waals surface area contributed by atoms with Crippen molar-refractivity contribution in [1.29, 1.82) is 5.26 Å². The highest BCUT2D eigenvalue weighted by Crippen LogP contribution is 2.41. The smallest absolute Gasteiger partial charge is 0.332 e. The Bertz CT molecular complexity index is 2050. The highest BCUT2D eigenvalue weighted by atomic mass is 32.2. The zero-order valence-corrected chi connectivity index (χ0v) is 35.1. The fourth-order valence-corrected chi connectivity index (χ4v) is 12.3. The average molecular weight is 839 g/mol. The molecule has 4 fully saturated rings. The number of ether oxygens (including phenoxy) is 3. The molecule has 0 unspecified atom stereocenters. The van der Waals surface area contributed by atoms with Crippen LogP contribution in [0, 0.1) is 11.5 Å². The number of nitriles is 1. The summed E-state index contributed by atoms with van der Waals surface area (Å²) in [5, 5.41) is 15.8. The lowest BCUT2D eigenvalue weighted by molar-refractivity contribution is 0.0123. The Morgan fingerprint density at radius 3 is 1.52 bits per heavy atom. The van der Waals surface area contributed by atoms with Crippen molar-refractivity contribution < 1.29 is 35.8 Å². The number of carbonyl (C=O) groups excluding carboxylic acids is 1. The van der Waals surface area contributed by atoms with Gasteiger partial charge in [-0.1, -0.05) is 12.1 Å². The topological polar surface area (TPSA) is 193 Å². The summed E-state index contributed by atoms with van der Waals surface area (Å²) in [5.74, 6) is 0.903. The summed E-state index contributed by atoms with van der Waals surface area (Å²) in [6.45, 7) is 5.25. The van der Waals surface area contributed by atoms with Crippen molar-refractivity contribution >= 4 is 31.8 Å². The molecule has 0 radical (unpaired) electrons. The van der Waals surface area contributed by atoms with Gasteiger partial charge in [-0.05, 0) is 147 Å². The van der Waals surface area contributed by atoms with Crippen molar-refractivity contribution in [3.05, 3.63) is 56.6 Å². The molecule has 58 heavy (non-hydrogen) atoms. The van der Waals surface area contributed by atoms with Gasteiger partial charge in [-0.3, -0.25) is 9.80 Å². The van der Waals surface area contributed by atoms with Crippen molar-refractivity contribution in [2.45, 2.75) is 125 Å². The number of anilines is 1. The Morgan fingerprint density at radius 1 is 0.672 bits per heavy atom. The highest BCUT2D eigenvalue weighted by Gasteiger charge is 2.42. The number of urea groups is 1. The number of sulfonamides is 2. The minimum absolute atomic E-state index is 0.342. The van der Waals surface area contributed by atoms with E-state index in [0.717, 1.165) is 128 Å². The molecule has 10 rings (SSSR count). The molecular formula is C42H58N6O8S2. The van der Waals surface area contributed by atoms with Gasteiger partial charge in [0.2, 0.25) is 20.0 Å². The molecule has 0 saturated carbocycles. The molecule has 4 saturated heterocycles. The van der Waals surface area contributed by atoms with Gasteiger partial charge < -0.3 is 19.5 Å². The molecule has 316 valence electrons. The second-order valence-corrected chi connectivity index (χ2v) is 21.0. The molecular weight excluding hydrogens is 781 g/mol. The summed E-state index contributed by atoms with van der Waals surface area (Å²) in [7, 11) is -6.99. The van der Waals surface area contributed by atoms with Gasteiger partial charge in [-0.15, -0.1) is 5.26 Å². The van der Waals surface area contributed by atoms with Crippen molar-refractivity contribution in [2.24, 2.45) is 5.14 Å². The minimum atomic E-state index is -3.68. The average Bonchev–Trinajstić information content (AvgIpc) is 3.99. The van der Waals surface area contributed by atoms with E-state index in [-0.39, 0.29) is 5.25 Å². The number of likely N-dealkylation sites (tertiary alicyclic amines) is 2. The maximum Gasteiger partial charge on any atom is 0.332 e. The van der Waals surface area contributed by atoms with Crippen LogP contribution in [0.3, 0.4) is 0 Å². The summed E-state index contributed by atoms with van der Waals surface area (Å²) < 4.78 is 65.4. The monoisotopic (exact) mass is 838 g/mol. The van der Waals surface area contributed by atoms with E-state index in [9.17, 15) is 21.6 Å². The van der Waals surface area contributed by atoms with Crippen LogP contribution in [0.25, 0.3) is 0 Å². The van der Waals surface area contributed by atoms with Crippen LogP contribution >= 0.6 is 0 Å². The quantitative estimate of drug-likeness (QED) is 0.345. The number of amides is 2. The van der Waals surface area contributed by atoms with Gasteiger partial charge in [0.1, 0.15) is 16.2 Å². The second kappa shape index (κ2) is 17.7. The zero-order valence-electron chi connectivity index (χ0n) is 33.4. The van der Waals surface area contributed by atoms with Crippen LogP contribution in [-0.4, -0.2) is 108 Å². The number of aryl methyl sites for hydroxylation is 4. The standard InChI is InChI=1S/C21H29N3O4S.C13H13NO.C8H16N2O3S/c25-21(22-20-18-5-1-3-14(18)11-15-4-2-6-19(15)20)23-29(26,27)17-12-24(13-17)16-7-9-28-10-8-16;14-8-15-13-11-5-1-3-9(11)7-10-4-2-6-12(10)13;9-14(11,12)8-5-10(6-8)7-1-3-13-4-2-7/h11,16-17H,1-10,12-13H2,(H2,22,23,25);7H,1-6H2;7-8H,1-6H2,(H2,9,11,12). The third kappa shape index (κ3) is 9.06. The van der Waals surface area contributed by atoms with Crippen LogP contribution in [0.4, 0.5) is 10.5 Å². The number of carbonyl (C=O) groups is 1. The van der Waals surface area contributed by atoms with Crippen molar-refractivity contribution in [2.75, 3.05) is 57.9 Å². The van der Waals surface area contributed by atoms with Gasteiger partial charge in [-0.25, -0.2) is 31.5 Å². The van der Waals surface area contributed by atoms with Crippen LogP contribution in [0.2, 0.25) is 0 Å². The molecule has 4 aliphatic heterocycles. The van der Waals surface area contributed by atoms with Crippen LogP contribution in [0.1, 0.15) is 95.9 Å². The SMILES string of the molecule is N#COc1c2c(cc3c1CCC3)CCC2.NS(=O)(=O)C1CN(C2CCOCC2)C1.O=C(Nc1c2c(cc3c1CCC3)CCC2)NS(=O)(=O)C1CN(C2CCOCC2)C1. The summed E-state index contributed by atoms with van der Waals surface area (Å²) in [5.41, 5.74) is 11.3. The molecule has 0 atom stereocenters. The van der Waals surface area contributed by atoms with E-state index in [1.165, 1.54) is 57.3 Å². The van der Waals surface area contributed by atoms with Gasteiger partial charge in [-0.2, -0.15) is 0 Å². The third-order valence-electron chi connectivity index (χ3n) is 13.6. The van der Waals surface area contributed by atoms with Gasteiger partial charge >= 0.3 is 6.03 Å². The Labute approximate surface area is 343 Å². The van der Waals surface area contributed by atoms with Crippen LogP contribution in [0.15, 0.2) is 12.1 Å². The Balaban J connectivity index is 0.000000135. The normalized spacial score (nSPS) is 22.4. The number of fused-ring (bicyclic) bond motifs is 4. The van der Waals surface area contributed by atoms with Crippen molar-refractivity contribution in [3.63, 3.8) is 0 Å². The second-order valence-electron chi connectivity index (χ2n) is 17.1. The molecule has 2 aromatic rings. The highest BCUT2D eigenvalue weighted by molar-refractivity contribution is 7.90. The van der Waals surface area contributed by atoms with Crippen LogP contribution in [0.5, 0.6) is 5.75 Å². The summed E-state index contributed by atoms with van der Waals surface area (Å²) >= 11 is 0. The zero-order chi connectivity index (χ0) is 40.4. The van der Waals surface area contributed by atoms with E-state index in [1.807, 2.05) is 6.26 Å². The molecule has 4 N–H and O–H groups in total. The van der Waals surface area contributed by atoms with Gasteiger partial charge in [0.25, 0.3) is 6.26 Å². The molecule has 2 aromatic carbocycles. The Morgan fingerprint density at radius 2 is 1.09 bits per heavy atom. The van der Waals surface area contributed by atoms with E-state index >= 15 is 0 Å². The predicted octanol–water partition coefficient (Wildman–Crippen LogP) is 3.64. The molecule has 4 heterocycles. The number of hydrogen-bond acceptors (Lipinski definition) is 11. The number of nitrogens with two attached hydrogens (primary N) is 1. The molecule has 4 aliphatic carbocycles. The largest absolute Gasteiger partial charge is 0.387 e. The van der Waals surface area contributed by atoms with Gasteiger partial charge in [0, 0.05) is 70.4 Å².